The first-order valence-corrected chi connectivity index (χ1v) is 7.18. The van der Waals surface area contributed by atoms with Crippen molar-refractivity contribution in [3.8, 4) is 6.07 Å². The predicted molar refractivity (Wildman–Crippen MR) is 81.4 cm³/mol. The van der Waals surface area contributed by atoms with Gasteiger partial charge in [-0.1, -0.05) is 24.3 Å². The summed E-state index contributed by atoms with van der Waals surface area (Å²) < 4.78 is 1.16. The third kappa shape index (κ3) is 2.55. The molecule has 0 saturated carbocycles. The smallest absolute Gasteiger partial charge is 0.111 e. The van der Waals surface area contributed by atoms with Crippen molar-refractivity contribution in [3.05, 3.63) is 64.7 Å². The highest BCUT2D eigenvalue weighted by Crippen LogP contribution is 2.27. The lowest BCUT2D eigenvalue weighted by Gasteiger charge is -2.08. The first-order valence-electron chi connectivity index (χ1n) is 6.36. The predicted octanol–water partition coefficient (Wildman–Crippen LogP) is 3.41. The molecule has 98 valence electrons. The molecule has 2 aromatic carbocycles. The lowest BCUT2D eigenvalue weighted by Crippen LogP contribution is -2.13. The van der Waals surface area contributed by atoms with Crippen LogP contribution in [0, 0.1) is 11.3 Å². The van der Waals surface area contributed by atoms with Crippen LogP contribution in [0.2, 0.25) is 0 Å². The van der Waals surface area contributed by atoms with Gasteiger partial charge in [-0.15, -0.1) is 11.3 Å². The third-order valence-electron chi connectivity index (χ3n) is 3.14. The molecule has 1 aromatic heterocycles. The van der Waals surface area contributed by atoms with Gasteiger partial charge in [-0.25, -0.2) is 4.98 Å². The first kappa shape index (κ1) is 12.8. The fourth-order valence-electron chi connectivity index (χ4n) is 2.16. The molecule has 1 atom stereocenters. The van der Waals surface area contributed by atoms with E-state index in [0.717, 1.165) is 20.8 Å². The molecule has 1 heterocycles. The Morgan fingerprint density at radius 2 is 2.05 bits per heavy atom. The Kier molecular flexibility index (Phi) is 3.46. The van der Waals surface area contributed by atoms with Crippen LogP contribution in [-0.2, 0) is 6.42 Å². The van der Waals surface area contributed by atoms with Gasteiger partial charge in [-0.2, -0.15) is 5.26 Å². The molecule has 0 unspecified atom stereocenters. The van der Waals surface area contributed by atoms with E-state index in [2.05, 4.69) is 17.1 Å². The molecule has 0 aliphatic carbocycles. The van der Waals surface area contributed by atoms with Crippen LogP contribution in [0.5, 0.6) is 0 Å². The normalized spacial score (nSPS) is 12.2. The summed E-state index contributed by atoms with van der Waals surface area (Å²) in [5.74, 6) is 0. The maximum absolute atomic E-state index is 8.92. The second-order valence-corrected chi connectivity index (χ2v) is 5.70. The molecular weight excluding hydrogens is 266 g/mol. The second-order valence-electron chi connectivity index (χ2n) is 4.64. The number of para-hydroxylation sites is 1. The quantitative estimate of drug-likeness (QED) is 0.799. The van der Waals surface area contributed by atoms with Crippen LogP contribution in [0.25, 0.3) is 10.2 Å². The van der Waals surface area contributed by atoms with Gasteiger partial charge < -0.3 is 5.73 Å². The highest BCUT2D eigenvalue weighted by Gasteiger charge is 2.12. The fourth-order valence-corrected chi connectivity index (χ4v) is 3.13. The topological polar surface area (TPSA) is 62.7 Å². The monoisotopic (exact) mass is 279 g/mol. The standard InChI is InChI=1S/C16H13N3S/c17-10-12-5-3-4-11(8-12)9-13(18)16-19-14-6-1-2-7-15(14)20-16/h1-8,13H,9,18H2/t13-/m1/s1. The van der Waals surface area contributed by atoms with Crippen molar-refractivity contribution in [1.82, 2.24) is 4.98 Å². The number of nitriles is 1. The van der Waals surface area contributed by atoms with E-state index in [1.165, 1.54) is 0 Å². The highest BCUT2D eigenvalue weighted by molar-refractivity contribution is 7.18. The fraction of sp³-hybridized carbons (Fsp3) is 0.125. The van der Waals surface area contributed by atoms with E-state index in [1.54, 1.807) is 17.4 Å². The number of rotatable bonds is 3. The van der Waals surface area contributed by atoms with E-state index in [9.17, 15) is 0 Å². The maximum atomic E-state index is 8.92. The third-order valence-corrected chi connectivity index (χ3v) is 4.31. The molecule has 0 aliphatic rings. The van der Waals surface area contributed by atoms with Gasteiger partial charge in [0.1, 0.15) is 5.01 Å². The van der Waals surface area contributed by atoms with Gasteiger partial charge in [-0.3, -0.25) is 0 Å². The van der Waals surface area contributed by atoms with Gasteiger partial charge in [-0.05, 0) is 36.2 Å². The Labute approximate surface area is 121 Å². The zero-order chi connectivity index (χ0) is 13.9. The summed E-state index contributed by atoms with van der Waals surface area (Å²) >= 11 is 1.63. The number of hydrogen-bond acceptors (Lipinski definition) is 4. The van der Waals surface area contributed by atoms with Gasteiger partial charge in [0.2, 0.25) is 0 Å². The SMILES string of the molecule is N#Cc1cccc(C[C@@H](N)c2nc3ccccc3s2)c1. The number of nitrogens with two attached hydrogens (primary N) is 1. The molecule has 0 saturated heterocycles. The number of benzene rings is 2. The molecule has 20 heavy (non-hydrogen) atoms. The van der Waals surface area contributed by atoms with Crippen molar-refractivity contribution in [1.29, 1.82) is 5.26 Å². The van der Waals surface area contributed by atoms with E-state index >= 15 is 0 Å². The van der Waals surface area contributed by atoms with Crippen molar-refractivity contribution >= 4 is 21.6 Å². The number of aromatic nitrogens is 1. The molecular formula is C16H13N3S. The molecule has 0 bridgehead atoms. The minimum Gasteiger partial charge on any atom is -0.322 e. The van der Waals surface area contributed by atoms with Crippen molar-refractivity contribution in [3.63, 3.8) is 0 Å². The van der Waals surface area contributed by atoms with Crippen LogP contribution >= 0.6 is 11.3 Å². The van der Waals surface area contributed by atoms with Crippen LogP contribution < -0.4 is 5.73 Å². The summed E-state index contributed by atoms with van der Waals surface area (Å²) in [5.41, 5.74) is 8.97. The molecule has 0 radical (unpaired) electrons. The van der Waals surface area contributed by atoms with E-state index in [4.69, 9.17) is 11.0 Å². The van der Waals surface area contributed by atoms with Crippen LogP contribution in [0.1, 0.15) is 22.2 Å². The summed E-state index contributed by atoms with van der Waals surface area (Å²) in [4.78, 5) is 4.58. The Hall–Kier alpha value is -2.22. The minimum atomic E-state index is -0.138. The van der Waals surface area contributed by atoms with Crippen molar-refractivity contribution < 1.29 is 0 Å². The van der Waals surface area contributed by atoms with Crippen LogP contribution in [0.15, 0.2) is 48.5 Å². The van der Waals surface area contributed by atoms with Crippen molar-refractivity contribution in [2.45, 2.75) is 12.5 Å². The highest BCUT2D eigenvalue weighted by atomic mass is 32.1. The molecule has 4 heteroatoms. The average molecular weight is 279 g/mol. The number of thiazole rings is 1. The van der Waals surface area contributed by atoms with Gasteiger partial charge in [0.15, 0.2) is 0 Å². The zero-order valence-electron chi connectivity index (χ0n) is 10.8. The van der Waals surface area contributed by atoms with Gasteiger partial charge in [0.25, 0.3) is 0 Å². The lowest BCUT2D eigenvalue weighted by molar-refractivity contribution is 0.717. The van der Waals surface area contributed by atoms with Crippen LogP contribution in [0.3, 0.4) is 0 Å². The zero-order valence-corrected chi connectivity index (χ0v) is 11.6. The molecule has 2 N–H and O–H groups in total. The molecule has 0 amide bonds. The summed E-state index contributed by atoms with van der Waals surface area (Å²) in [6.07, 6.45) is 0.690. The molecule has 0 fully saturated rings. The van der Waals surface area contributed by atoms with E-state index in [1.807, 2.05) is 36.4 Å². The van der Waals surface area contributed by atoms with Gasteiger partial charge >= 0.3 is 0 Å². The van der Waals surface area contributed by atoms with E-state index in [-0.39, 0.29) is 6.04 Å². The molecule has 3 aromatic rings. The first-order chi connectivity index (χ1) is 9.76. The summed E-state index contributed by atoms with van der Waals surface area (Å²) in [6, 6.07) is 17.6. The molecule has 3 rings (SSSR count). The molecule has 0 spiro atoms. The minimum absolute atomic E-state index is 0.138. The van der Waals surface area contributed by atoms with Crippen LogP contribution in [0.4, 0.5) is 0 Å². The van der Waals surface area contributed by atoms with Gasteiger partial charge in [0.05, 0.1) is 27.9 Å². The summed E-state index contributed by atoms with van der Waals surface area (Å²) in [7, 11) is 0. The summed E-state index contributed by atoms with van der Waals surface area (Å²) in [5, 5.41) is 9.86. The maximum Gasteiger partial charge on any atom is 0.111 e. The average Bonchev–Trinajstić information content (AvgIpc) is 2.91. The summed E-state index contributed by atoms with van der Waals surface area (Å²) in [6.45, 7) is 0. The number of nitrogens with zero attached hydrogens (tertiary/aromatic N) is 2. The van der Waals surface area contributed by atoms with E-state index in [0.29, 0.717) is 12.0 Å². The van der Waals surface area contributed by atoms with E-state index < -0.39 is 0 Å². The Morgan fingerprint density at radius 1 is 1.20 bits per heavy atom. The lowest BCUT2D eigenvalue weighted by atomic mass is 10.0. The second kappa shape index (κ2) is 5.41. The van der Waals surface area contributed by atoms with Crippen molar-refractivity contribution in [2.75, 3.05) is 0 Å². The Bertz CT molecular complexity index is 753. The molecule has 3 nitrogen and oxygen atoms in total. The molecule has 0 aliphatic heterocycles. The Morgan fingerprint density at radius 3 is 2.85 bits per heavy atom. The Balaban J connectivity index is 1.85. The van der Waals surface area contributed by atoms with Crippen LogP contribution in [-0.4, -0.2) is 4.98 Å². The number of fused-ring (bicyclic) bond motifs is 1. The van der Waals surface area contributed by atoms with Gasteiger partial charge in [0, 0.05) is 0 Å². The van der Waals surface area contributed by atoms with Crippen molar-refractivity contribution in [2.24, 2.45) is 5.73 Å². The largest absolute Gasteiger partial charge is 0.322 e. The number of hydrogen-bond donors (Lipinski definition) is 1.